The Hall–Kier alpha value is -6.34. The van der Waals surface area contributed by atoms with E-state index in [2.05, 4.69) is 30.6 Å². The van der Waals surface area contributed by atoms with Crippen LogP contribution < -0.4 is 0 Å². The van der Waals surface area contributed by atoms with Crippen LogP contribution in [0.1, 0.15) is 11.1 Å². The van der Waals surface area contributed by atoms with Gasteiger partial charge in [0, 0.05) is 54.1 Å². The predicted molar refractivity (Wildman–Crippen MR) is 158 cm³/mol. The van der Waals surface area contributed by atoms with Crippen molar-refractivity contribution in [3.05, 3.63) is 107 Å². The lowest BCUT2D eigenvalue weighted by Crippen LogP contribution is -1.83. The molecule has 9 aromatic rings. The van der Waals surface area contributed by atoms with Crippen molar-refractivity contribution in [2.24, 2.45) is 0 Å². The van der Waals surface area contributed by atoms with Crippen molar-refractivity contribution in [3.63, 3.8) is 0 Å². The molecule has 0 aliphatic carbocycles. The fourth-order valence-electron chi connectivity index (χ4n) is 6.93. The highest BCUT2D eigenvalue weighted by atomic mass is 14.9. The van der Waals surface area contributed by atoms with Crippen LogP contribution in [0.2, 0.25) is 0 Å². The summed E-state index contributed by atoms with van der Waals surface area (Å²) in [7, 11) is 0. The number of nitrogens with zero attached hydrogens (tertiary/aromatic N) is 6. The first-order valence-electron chi connectivity index (χ1n) is 12.6. The topological polar surface area (TPSA) is 65.1 Å². The summed E-state index contributed by atoms with van der Waals surface area (Å²) in [5.74, 6) is 0. The van der Waals surface area contributed by atoms with Crippen LogP contribution in [-0.2, 0) is 0 Å². The minimum Gasteiger partial charge on any atom is -0.310 e. The number of nitriles is 2. The van der Waals surface area contributed by atoms with Crippen LogP contribution in [0.15, 0.2) is 72.8 Å². The van der Waals surface area contributed by atoms with Crippen molar-refractivity contribution in [1.29, 1.82) is 10.5 Å². The first-order chi connectivity index (χ1) is 19.7. The van der Waals surface area contributed by atoms with Crippen LogP contribution in [0.3, 0.4) is 0 Å². The fraction of sp³-hybridized carbons (Fsp3) is 0. The Bertz CT molecular complexity index is 2420. The molecule has 5 aromatic carbocycles. The molecule has 178 valence electrons. The van der Waals surface area contributed by atoms with Crippen LogP contribution in [0, 0.1) is 35.8 Å². The molecule has 0 N–H and O–H groups in total. The highest BCUT2D eigenvalue weighted by Gasteiger charge is 2.28. The van der Waals surface area contributed by atoms with E-state index in [1.807, 2.05) is 72.8 Å². The van der Waals surface area contributed by atoms with Crippen LogP contribution >= 0.6 is 0 Å². The number of aromatic nitrogens is 2. The lowest BCUT2D eigenvalue weighted by atomic mass is 9.97. The van der Waals surface area contributed by atoms with E-state index in [-0.39, 0.29) is 0 Å². The molecule has 0 saturated heterocycles. The first kappa shape index (κ1) is 20.7. The average molecular weight is 505 g/mol. The van der Waals surface area contributed by atoms with Crippen LogP contribution in [-0.4, -0.2) is 8.80 Å². The van der Waals surface area contributed by atoms with Crippen molar-refractivity contribution in [2.45, 2.75) is 0 Å². The Labute approximate surface area is 225 Å². The molecule has 0 fully saturated rings. The van der Waals surface area contributed by atoms with E-state index < -0.39 is 0 Å². The second-order valence-corrected chi connectivity index (χ2v) is 10.2. The van der Waals surface area contributed by atoms with Crippen LogP contribution in [0.25, 0.3) is 85.9 Å². The molecule has 6 heteroatoms. The Kier molecular flexibility index (Phi) is 3.49. The molecule has 6 nitrogen and oxygen atoms in total. The molecule has 0 atom stereocenters. The summed E-state index contributed by atoms with van der Waals surface area (Å²) in [6.45, 7) is 15.3. The van der Waals surface area contributed by atoms with Gasteiger partial charge in [-0.25, -0.2) is 9.69 Å². The molecule has 0 spiro atoms. The molecular weight excluding hydrogens is 492 g/mol. The van der Waals surface area contributed by atoms with Gasteiger partial charge < -0.3 is 8.80 Å². The van der Waals surface area contributed by atoms with Gasteiger partial charge in [-0.3, -0.25) is 0 Å². The molecule has 0 bridgehead atoms. The SMILES string of the molecule is [C-]#[N+]c1ccc2c3c4c5ccc(C#N)cc5n5c6cc(C#N)ccc6c(c6c7ccc([N+]#[C-])cc7n(c2c1)c36)c45. The number of rotatable bonds is 0. The Morgan fingerprint density at radius 1 is 0.500 bits per heavy atom. The molecule has 9 rings (SSSR count). The second-order valence-electron chi connectivity index (χ2n) is 10.2. The van der Waals surface area contributed by atoms with E-state index >= 15 is 0 Å². The molecule has 0 unspecified atom stereocenters. The van der Waals surface area contributed by atoms with Crippen molar-refractivity contribution in [1.82, 2.24) is 8.80 Å². The molecule has 40 heavy (non-hydrogen) atoms. The smallest absolute Gasteiger partial charge is 0.189 e. The van der Waals surface area contributed by atoms with Crippen molar-refractivity contribution < 1.29 is 0 Å². The average Bonchev–Trinajstić information content (AvgIpc) is 3.71. The molecule has 0 aliphatic heterocycles. The summed E-state index contributed by atoms with van der Waals surface area (Å²) in [4.78, 5) is 7.42. The number of hydrogen-bond acceptors (Lipinski definition) is 2. The Morgan fingerprint density at radius 3 is 1.20 bits per heavy atom. The highest BCUT2D eigenvalue weighted by molar-refractivity contribution is 6.45. The van der Waals surface area contributed by atoms with Crippen LogP contribution in [0.4, 0.5) is 11.4 Å². The normalized spacial score (nSPS) is 11.9. The number of benzene rings is 5. The van der Waals surface area contributed by atoms with E-state index in [1.54, 1.807) is 0 Å². The largest absolute Gasteiger partial charge is 0.310 e. The van der Waals surface area contributed by atoms with Gasteiger partial charge in [-0.15, -0.1) is 0 Å². The van der Waals surface area contributed by atoms with Gasteiger partial charge in [0.2, 0.25) is 0 Å². The summed E-state index contributed by atoms with van der Waals surface area (Å²) in [6.07, 6.45) is 0. The first-order valence-corrected chi connectivity index (χ1v) is 12.6. The van der Waals surface area contributed by atoms with Gasteiger partial charge in [0.1, 0.15) is 0 Å². The molecule has 0 amide bonds. The maximum absolute atomic E-state index is 9.75. The zero-order valence-electron chi connectivity index (χ0n) is 20.6. The van der Waals surface area contributed by atoms with E-state index in [0.29, 0.717) is 22.5 Å². The zero-order valence-corrected chi connectivity index (χ0v) is 20.6. The van der Waals surface area contributed by atoms with Gasteiger partial charge in [0.25, 0.3) is 0 Å². The van der Waals surface area contributed by atoms with Gasteiger partial charge in [0.15, 0.2) is 11.4 Å². The van der Waals surface area contributed by atoms with Crippen molar-refractivity contribution >= 4 is 87.6 Å². The van der Waals surface area contributed by atoms with Gasteiger partial charge in [-0.2, -0.15) is 10.5 Å². The van der Waals surface area contributed by atoms with Gasteiger partial charge in [-0.1, -0.05) is 36.4 Å². The van der Waals surface area contributed by atoms with E-state index in [9.17, 15) is 10.5 Å². The quantitative estimate of drug-likeness (QED) is 0.194. The fourth-order valence-corrected chi connectivity index (χ4v) is 6.93. The molecule has 0 saturated carbocycles. The lowest BCUT2D eigenvalue weighted by Gasteiger charge is -2.03. The standard InChI is InChI=1S/C34H12N6/c1-37-19-5-9-23-27(13-19)40-28-14-20(38-2)6-10-24(28)32-30-22-8-4-18(16-36)12-26(22)39-25-11-17(15-35)3-7-21(25)29(33(30)39)31(23)34(32)40/h3-14H. The molecule has 0 radical (unpaired) electrons. The molecule has 4 aromatic heterocycles. The minimum absolute atomic E-state index is 0.557. The third-order valence-corrected chi connectivity index (χ3v) is 8.41. The maximum atomic E-state index is 9.75. The molecule has 0 aliphatic rings. The number of hydrogen-bond donors (Lipinski definition) is 0. The minimum atomic E-state index is 0.557. The van der Waals surface area contributed by atoms with Gasteiger partial charge in [-0.05, 0) is 36.4 Å². The third-order valence-electron chi connectivity index (χ3n) is 8.41. The zero-order chi connectivity index (χ0) is 26.9. The summed E-state index contributed by atoms with van der Waals surface area (Å²) in [6, 6.07) is 27.8. The van der Waals surface area contributed by atoms with E-state index in [0.717, 1.165) is 76.2 Å². The van der Waals surface area contributed by atoms with Crippen molar-refractivity contribution in [2.75, 3.05) is 0 Å². The summed E-state index contributed by atoms with van der Waals surface area (Å²) < 4.78 is 4.41. The monoisotopic (exact) mass is 504 g/mol. The summed E-state index contributed by atoms with van der Waals surface area (Å²) >= 11 is 0. The summed E-state index contributed by atoms with van der Waals surface area (Å²) in [5.41, 5.74) is 8.06. The van der Waals surface area contributed by atoms with E-state index in [1.165, 1.54) is 0 Å². The van der Waals surface area contributed by atoms with Gasteiger partial charge >= 0.3 is 0 Å². The summed E-state index contributed by atoms with van der Waals surface area (Å²) in [5, 5.41) is 28.0. The Balaban J connectivity index is 1.74. The maximum Gasteiger partial charge on any atom is 0.189 e. The highest BCUT2D eigenvalue weighted by Crippen LogP contribution is 2.52. The number of fused-ring (bicyclic) bond motifs is 14. The second kappa shape index (κ2) is 6.75. The van der Waals surface area contributed by atoms with Crippen molar-refractivity contribution in [3.8, 4) is 12.1 Å². The molecule has 4 heterocycles. The predicted octanol–water partition coefficient (Wildman–Crippen LogP) is 8.83. The van der Waals surface area contributed by atoms with Crippen LogP contribution in [0.5, 0.6) is 0 Å². The third kappa shape index (κ3) is 2.15. The van der Waals surface area contributed by atoms with Gasteiger partial charge in [0.05, 0.1) is 58.5 Å². The molecular formula is C34H12N6. The Morgan fingerprint density at radius 2 is 0.850 bits per heavy atom. The lowest BCUT2D eigenvalue weighted by molar-refractivity contribution is 1.36. The van der Waals surface area contributed by atoms with E-state index in [4.69, 9.17) is 13.1 Å².